The quantitative estimate of drug-likeness (QED) is 0.198. The van der Waals surface area contributed by atoms with E-state index in [1.165, 1.54) is 24.3 Å². The van der Waals surface area contributed by atoms with Gasteiger partial charge in [0.05, 0.1) is 22.8 Å². The van der Waals surface area contributed by atoms with E-state index in [2.05, 4.69) is 25.5 Å². The molecule has 12 nitrogen and oxygen atoms in total. The van der Waals surface area contributed by atoms with Gasteiger partial charge in [0.2, 0.25) is 5.95 Å². The van der Waals surface area contributed by atoms with E-state index in [9.17, 15) is 25.4 Å². The summed E-state index contributed by atoms with van der Waals surface area (Å²) in [7, 11) is 0. The van der Waals surface area contributed by atoms with Crippen molar-refractivity contribution in [2.75, 3.05) is 17.7 Å². The van der Waals surface area contributed by atoms with Crippen LogP contribution < -0.4 is 11.1 Å². The molecule has 1 aromatic carbocycles. The van der Waals surface area contributed by atoms with Crippen LogP contribution in [0, 0.1) is 16.0 Å². The molecule has 0 aliphatic heterocycles. The highest BCUT2D eigenvalue weighted by atomic mass is 35.5. The Morgan fingerprint density at radius 2 is 2.07 bits per heavy atom. The topological polar surface area (TPSA) is 192 Å². The van der Waals surface area contributed by atoms with Gasteiger partial charge in [-0.25, -0.2) is 0 Å². The van der Waals surface area contributed by atoms with Gasteiger partial charge in [0.15, 0.2) is 16.7 Å². The van der Waals surface area contributed by atoms with Crippen molar-refractivity contribution in [1.82, 2.24) is 9.97 Å². The number of nitro groups is 1. The number of hydrogen-bond acceptors (Lipinski definition) is 11. The van der Waals surface area contributed by atoms with E-state index in [0.717, 1.165) is 0 Å². The highest BCUT2D eigenvalue weighted by Gasteiger charge is 2.41. The molecule has 0 radical (unpaired) electrons. The first-order chi connectivity index (χ1) is 13.8. The number of azo groups is 1. The molecule has 0 spiro atoms. The highest BCUT2D eigenvalue weighted by molar-refractivity contribution is 6.32. The van der Waals surface area contributed by atoms with Gasteiger partial charge in [-0.3, -0.25) is 10.1 Å². The van der Waals surface area contributed by atoms with Crippen LogP contribution in [0.5, 0.6) is 0 Å². The predicted molar refractivity (Wildman–Crippen MR) is 103 cm³/mol. The summed E-state index contributed by atoms with van der Waals surface area (Å²) in [6.07, 6.45) is -2.01. The summed E-state index contributed by atoms with van der Waals surface area (Å²) in [6.45, 7) is -0.289. The van der Waals surface area contributed by atoms with Crippen molar-refractivity contribution >= 4 is 40.4 Å². The van der Waals surface area contributed by atoms with Gasteiger partial charge >= 0.3 is 0 Å². The number of nitrogens with one attached hydrogen (secondary N) is 1. The maximum atomic E-state index is 10.9. The first kappa shape index (κ1) is 20.8. The molecule has 0 bridgehead atoms. The Kier molecular flexibility index (Phi) is 6.17. The van der Waals surface area contributed by atoms with E-state index < -0.39 is 29.1 Å². The fraction of sp³-hybridized carbons (Fsp3) is 0.375. The minimum Gasteiger partial charge on any atom is -0.396 e. The molecule has 0 amide bonds. The van der Waals surface area contributed by atoms with Crippen molar-refractivity contribution in [2.24, 2.45) is 16.1 Å². The number of nitrogens with two attached hydrogens (primary N) is 1. The van der Waals surface area contributed by atoms with E-state index in [-0.39, 0.29) is 47.0 Å². The lowest BCUT2D eigenvalue weighted by Crippen LogP contribution is -2.35. The first-order valence-electron chi connectivity index (χ1n) is 8.53. The summed E-state index contributed by atoms with van der Waals surface area (Å²) in [6, 6.07) is 4.86. The van der Waals surface area contributed by atoms with Gasteiger partial charge in [-0.1, -0.05) is 17.7 Å². The Labute approximate surface area is 169 Å². The van der Waals surface area contributed by atoms with Crippen LogP contribution in [0.2, 0.25) is 5.15 Å². The number of aliphatic hydroxyl groups is 3. The number of halogens is 1. The van der Waals surface area contributed by atoms with Crippen LogP contribution in [-0.2, 0) is 0 Å². The Balaban J connectivity index is 1.90. The molecule has 1 saturated carbocycles. The molecule has 1 aliphatic rings. The van der Waals surface area contributed by atoms with Crippen LogP contribution in [0.3, 0.4) is 0 Å². The monoisotopic (exact) mass is 423 g/mol. The Morgan fingerprint density at radius 1 is 1.31 bits per heavy atom. The molecule has 1 aliphatic carbocycles. The zero-order chi connectivity index (χ0) is 21.1. The molecule has 0 unspecified atom stereocenters. The fourth-order valence-electron chi connectivity index (χ4n) is 3.03. The van der Waals surface area contributed by atoms with Crippen molar-refractivity contribution in [2.45, 2.75) is 24.7 Å². The van der Waals surface area contributed by atoms with E-state index >= 15 is 0 Å². The Hall–Kier alpha value is -2.93. The Bertz CT molecular complexity index is 944. The zero-order valence-electron chi connectivity index (χ0n) is 14.9. The minimum atomic E-state index is -1.16. The number of anilines is 2. The van der Waals surface area contributed by atoms with Crippen LogP contribution in [0.25, 0.3) is 0 Å². The molecule has 4 atom stereocenters. The number of aromatic nitrogens is 2. The molecule has 1 heterocycles. The maximum Gasteiger partial charge on any atom is 0.271 e. The summed E-state index contributed by atoms with van der Waals surface area (Å²) in [4.78, 5) is 18.2. The van der Waals surface area contributed by atoms with E-state index in [4.69, 9.17) is 17.3 Å². The van der Waals surface area contributed by atoms with Crippen LogP contribution in [0.15, 0.2) is 34.5 Å². The molecule has 13 heteroatoms. The lowest BCUT2D eigenvalue weighted by molar-refractivity contribution is -0.384. The molecule has 0 saturated heterocycles. The number of nitro benzene ring substituents is 1. The third-order valence-electron chi connectivity index (χ3n) is 4.52. The highest BCUT2D eigenvalue weighted by Crippen LogP contribution is 2.36. The smallest absolute Gasteiger partial charge is 0.271 e. The third-order valence-corrected chi connectivity index (χ3v) is 4.79. The number of benzene rings is 1. The van der Waals surface area contributed by atoms with Crippen LogP contribution in [0.4, 0.5) is 28.8 Å². The van der Waals surface area contributed by atoms with Crippen LogP contribution in [0.1, 0.15) is 6.42 Å². The lowest BCUT2D eigenvalue weighted by atomic mass is 10.1. The van der Waals surface area contributed by atoms with E-state index in [0.29, 0.717) is 0 Å². The molecular formula is C16H18ClN7O5. The molecule has 1 fully saturated rings. The van der Waals surface area contributed by atoms with Crippen molar-refractivity contribution < 1.29 is 20.2 Å². The normalized spacial score (nSPS) is 24.1. The molecular weight excluding hydrogens is 406 g/mol. The SMILES string of the molecule is Nc1nc(Cl)c(/N=N/c2cccc([N+](=O)[O-])c2)c(N[C@@H]2C[C@H](CO)[C@@H](O)[C@H]2O)n1. The standard InChI is InChI=1S/C16H18ClN7O5/c17-14-11(23-22-8-2-1-3-9(5-8)24(28)29)15(21-16(18)20-14)19-10-4-7(6-25)12(26)13(10)27/h1-3,5,7,10,12-13,25-27H,4,6H2,(H3,18,19,20,21)/b23-22+/t7-,10-,12-,13+/m1/s1. The lowest BCUT2D eigenvalue weighted by Gasteiger charge is -2.19. The number of rotatable bonds is 6. The van der Waals surface area contributed by atoms with Crippen LogP contribution in [-0.4, -0.2) is 55.1 Å². The second-order valence-electron chi connectivity index (χ2n) is 6.46. The minimum absolute atomic E-state index is 0.00140. The van der Waals surface area contributed by atoms with E-state index in [1.54, 1.807) is 0 Å². The average molecular weight is 424 g/mol. The second-order valence-corrected chi connectivity index (χ2v) is 6.82. The van der Waals surface area contributed by atoms with Crippen molar-refractivity contribution in [3.05, 3.63) is 39.5 Å². The number of aliphatic hydroxyl groups excluding tert-OH is 3. The number of hydrogen-bond donors (Lipinski definition) is 5. The molecule has 154 valence electrons. The largest absolute Gasteiger partial charge is 0.396 e. The first-order valence-corrected chi connectivity index (χ1v) is 8.90. The maximum absolute atomic E-state index is 10.9. The predicted octanol–water partition coefficient (Wildman–Crippen LogP) is 1.55. The summed E-state index contributed by atoms with van der Waals surface area (Å²) < 4.78 is 0. The van der Waals surface area contributed by atoms with Gasteiger partial charge in [0, 0.05) is 24.7 Å². The van der Waals surface area contributed by atoms with Gasteiger partial charge in [0.1, 0.15) is 6.10 Å². The van der Waals surface area contributed by atoms with Gasteiger partial charge < -0.3 is 26.4 Å². The summed E-state index contributed by atoms with van der Waals surface area (Å²) >= 11 is 6.10. The molecule has 2 aromatic rings. The van der Waals surface area contributed by atoms with Gasteiger partial charge in [-0.2, -0.15) is 15.1 Å². The zero-order valence-corrected chi connectivity index (χ0v) is 15.6. The summed E-state index contributed by atoms with van der Waals surface area (Å²) in [5.74, 6) is -0.600. The van der Waals surface area contributed by atoms with Crippen molar-refractivity contribution in [1.29, 1.82) is 0 Å². The Morgan fingerprint density at radius 3 is 2.72 bits per heavy atom. The van der Waals surface area contributed by atoms with Gasteiger partial charge in [-0.05, 0) is 12.5 Å². The molecule has 29 heavy (non-hydrogen) atoms. The van der Waals surface area contributed by atoms with E-state index in [1.807, 2.05) is 0 Å². The molecule has 3 rings (SSSR count). The molecule has 1 aromatic heterocycles. The van der Waals surface area contributed by atoms with Crippen molar-refractivity contribution in [3.8, 4) is 0 Å². The average Bonchev–Trinajstić information content (AvgIpc) is 2.95. The third kappa shape index (κ3) is 4.56. The fourth-order valence-corrected chi connectivity index (χ4v) is 3.25. The number of nitrogen functional groups attached to an aromatic ring is 1. The number of nitrogens with zero attached hydrogens (tertiary/aromatic N) is 5. The number of non-ortho nitro benzene ring substituents is 1. The summed E-state index contributed by atoms with van der Waals surface area (Å²) in [5, 5.41) is 51.0. The van der Waals surface area contributed by atoms with Gasteiger partial charge in [0.25, 0.3) is 5.69 Å². The summed E-state index contributed by atoms with van der Waals surface area (Å²) in [5.41, 5.74) is 5.68. The second kappa shape index (κ2) is 8.61. The van der Waals surface area contributed by atoms with Crippen molar-refractivity contribution in [3.63, 3.8) is 0 Å². The van der Waals surface area contributed by atoms with Gasteiger partial charge in [-0.15, -0.1) is 5.11 Å². The van der Waals surface area contributed by atoms with Crippen LogP contribution >= 0.6 is 11.6 Å². The molecule has 6 N–H and O–H groups in total.